The van der Waals surface area contributed by atoms with E-state index in [9.17, 15) is 4.79 Å². The van der Waals surface area contributed by atoms with Crippen LogP contribution in [0.5, 0.6) is 0 Å². The largest absolute Gasteiger partial charge is 0.276 e. The summed E-state index contributed by atoms with van der Waals surface area (Å²) in [5, 5.41) is 10.1. The molecule has 2 nitrogen and oxygen atoms in total. The quantitative estimate of drug-likeness (QED) is 0.686. The van der Waals surface area contributed by atoms with E-state index in [1.165, 1.54) is 6.07 Å². The zero-order valence-corrected chi connectivity index (χ0v) is 8.45. The van der Waals surface area contributed by atoms with Gasteiger partial charge in [0.1, 0.15) is 0 Å². The van der Waals surface area contributed by atoms with Crippen LogP contribution in [0.15, 0.2) is 36.4 Å². The Bertz CT molecular complexity index is 584. The van der Waals surface area contributed by atoms with Crippen molar-refractivity contribution in [3.8, 4) is 6.07 Å². The highest BCUT2D eigenvalue weighted by atomic mass is 35.5. The van der Waals surface area contributed by atoms with E-state index in [-0.39, 0.29) is 0 Å². The van der Waals surface area contributed by atoms with Gasteiger partial charge in [0.05, 0.1) is 11.6 Å². The molecule has 0 atom stereocenters. The highest BCUT2D eigenvalue weighted by molar-refractivity contribution is 6.67. The Hall–Kier alpha value is -1.85. The molecule has 72 valence electrons. The first-order chi connectivity index (χ1) is 7.22. The fraction of sp³-hybridized carbons (Fsp3) is 0. The number of hydrogen-bond acceptors (Lipinski definition) is 2. The van der Waals surface area contributed by atoms with Crippen LogP contribution in [0.1, 0.15) is 15.9 Å². The number of nitrogens with zero attached hydrogens (tertiary/aromatic N) is 1. The Labute approximate surface area is 91.7 Å². The summed E-state index contributed by atoms with van der Waals surface area (Å²) < 4.78 is 0. The van der Waals surface area contributed by atoms with Crippen molar-refractivity contribution in [2.24, 2.45) is 0 Å². The fourth-order valence-electron chi connectivity index (χ4n) is 1.52. The van der Waals surface area contributed by atoms with Crippen molar-refractivity contribution < 1.29 is 4.79 Å². The molecule has 0 aliphatic carbocycles. The lowest BCUT2D eigenvalue weighted by Gasteiger charge is -2.01. The van der Waals surface area contributed by atoms with Crippen molar-refractivity contribution in [1.82, 2.24) is 0 Å². The average Bonchev–Trinajstić information content (AvgIpc) is 2.27. The van der Waals surface area contributed by atoms with E-state index >= 15 is 0 Å². The third kappa shape index (κ3) is 1.70. The Kier molecular flexibility index (Phi) is 2.40. The second kappa shape index (κ2) is 3.72. The van der Waals surface area contributed by atoms with Gasteiger partial charge in [-0.1, -0.05) is 24.3 Å². The number of carbonyl (C=O) groups is 1. The molecule has 2 aromatic carbocycles. The molecule has 0 saturated carbocycles. The van der Waals surface area contributed by atoms with E-state index in [4.69, 9.17) is 16.9 Å². The summed E-state index contributed by atoms with van der Waals surface area (Å²) >= 11 is 5.38. The molecule has 0 unspecified atom stereocenters. The Balaban J connectivity index is 2.84. The van der Waals surface area contributed by atoms with Gasteiger partial charge in [0, 0.05) is 5.56 Å². The van der Waals surface area contributed by atoms with E-state index in [1.807, 2.05) is 24.3 Å². The molecule has 0 amide bonds. The van der Waals surface area contributed by atoms with Crippen LogP contribution in [0.25, 0.3) is 10.8 Å². The molecule has 0 spiro atoms. The summed E-state index contributed by atoms with van der Waals surface area (Å²) in [6, 6.07) is 12.6. The number of fused-ring (bicyclic) bond motifs is 1. The highest BCUT2D eigenvalue weighted by Gasteiger charge is 2.07. The topological polar surface area (TPSA) is 40.9 Å². The first-order valence-electron chi connectivity index (χ1n) is 4.35. The minimum absolute atomic E-state index is 0.354. The van der Waals surface area contributed by atoms with E-state index in [0.717, 1.165) is 10.8 Å². The predicted molar refractivity (Wildman–Crippen MR) is 58.8 cm³/mol. The highest BCUT2D eigenvalue weighted by Crippen LogP contribution is 2.21. The molecule has 15 heavy (non-hydrogen) atoms. The van der Waals surface area contributed by atoms with Crippen LogP contribution < -0.4 is 0 Å². The second-order valence-electron chi connectivity index (χ2n) is 3.13. The average molecular weight is 216 g/mol. The van der Waals surface area contributed by atoms with Crippen molar-refractivity contribution in [3.63, 3.8) is 0 Å². The number of carbonyl (C=O) groups excluding carboxylic acids is 1. The first-order valence-corrected chi connectivity index (χ1v) is 4.73. The molecular weight excluding hydrogens is 210 g/mol. The van der Waals surface area contributed by atoms with Crippen molar-refractivity contribution in [2.45, 2.75) is 0 Å². The lowest BCUT2D eigenvalue weighted by Crippen LogP contribution is -1.91. The predicted octanol–water partition coefficient (Wildman–Crippen LogP) is 3.09. The van der Waals surface area contributed by atoms with E-state index in [2.05, 4.69) is 6.07 Å². The summed E-state index contributed by atoms with van der Waals surface area (Å²) in [6.07, 6.45) is 0. The van der Waals surface area contributed by atoms with Gasteiger partial charge < -0.3 is 0 Å². The SMILES string of the molecule is N#Cc1cc(C(=O)Cl)cc2ccccc12. The molecule has 0 radical (unpaired) electrons. The van der Waals surface area contributed by atoms with Crippen LogP contribution in [0.3, 0.4) is 0 Å². The summed E-state index contributed by atoms with van der Waals surface area (Å²) in [7, 11) is 0. The maximum atomic E-state index is 11.0. The molecule has 2 aromatic rings. The number of rotatable bonds is 1. The zero-order valence-electron chi connectivity index (χ0n) is 7.70. The van der Waals surface area contributed by atoms with Gasteiger partial charge in [-0.2, -0.15) is 5.26 Å². The normalized spacial score (nSPS) is 9.87. The number of halogens is 1. The number of benzene rings is 2. The van der Waals surface area contributed by atoms with Crippen LogP contribution in [-0.4, -0.2) is 5.24 Å². The smallest absolute Gasteiger partial charge is 0.252 e. The van der Waals surface area contributed by atoms with Gasteiger partial charge in [0.15, 0.2) is 0 Å². The molecule has 0 fully saturated rings. The molecule has 0 aliphatic rings. The monoisotopic (exact) mass is 215 g/mol. The van der Waals surface area contributed by atoms with E-state index < -0.39 is 5.24 Å². The summed E-state index contributed by atoms with van der Waals surface area (Å²) in [5.74, 6) is 0. The van der Waals surface area contributed by atoms with Crippen molar-refractivity contribution in [2.75, 3.05) is 0 Å². The van der Waals surface area contributed by atoms with E-state index in [0.29, 0.717) is 11.1 Å². The van der Waals surface area contributed by atoms with Crippen LogP contribution in [0.4, 0.5) is 0 Å². The molecular formula is C12H6ClNO. The Morgan fingerprint density at radius 1 is 1.27 bits per heavy atom. The molecule has 0 saturated heterocycles. The van der Waals surface area contributed by atoms with Crippen molar-refractivity contribution >= 4 is 27.6 Å². The molecule has 0 aromatic heterocycles. The lowest BCUT2D eigenvalue weighted by molar-refractivity contribution is 0.108. The van der Waals surface area contributed by atoms with Gasteiger partial charge in [0.2, 0.25) is 0 Å². The summed E-state index contributed by atoms with van der Waals surface area (Å²) in [6.45, 7) is 0. The second-order valence-corrected chi connectivity index (χ2v) is 3.47. The van der Waals surface area contributed by atoms with Gasteiger partial charge in [-0.15, -0.1) is 0 Å². The maximum absolute atomic E-state index is 11.0. The minimum Gasteiger partial charge on any atom is -0.276 e. The number of nitriles is 1. The van der Waals surface area contributed by atoms with Gasteiger partial charge >= 0.3 is 0 Å². The number of hydrogen-bond donors (Lipinski definition) is 0. The Morgan fingerprint density at radius 2 is 2.00 bits per heavy atom. The lowest BCUT2D eigenvalue weighted by atomic mass is 10.0. The van der Waals surface area contributed by atoms with Crippen LogP contribution in [-0.2, 0) is 0 Å². The third-order valence-electron chi connectivity index (χ3n) is 2.21. The third-order valence-corrected chi connectivity index (χ3v) is 2.43. The van der Waals surface area contributed by atoms with Crippen LogP contribution in [0.2, 0.25) is 0 Å². The Morgan fingerprint density at radius 3 is 2.67 bits per heavy atom. The molecule has 2 rings (SSSR count). The van der Waals surface area contributed by atoms with Crippen molar-refractivity contribution in [3.05, 3.63) is 47.5 Å². The van der Waals surface area contributed by atoms with Gasteiger partial charge in [-0.25, -0.2) is 0 Å². The van der Waals surface area contributed by atoms with E-state index in [1.54, 1.807) is 6.07 Å². The van der Waals surface area contributed by atoms with Gasteiger partial charge in [0.25, 0.3) is 5.24 Å². The van der Waals surface area contributed by atoms with Crippen molar-refractivity contribution in [1.29, 1.82) is 5.26 Å². The minimum atomic E-state index is -0.544. The van der Waals surface area contributed by atoms with Crippen LogP contribution >= 0.6 is 11.6 Å². The van der Waals surface area contributed by atoms with Gasteiger partial charge in [-0.3, -0.25) is 4.79 Å². The standard InChI is InChI=1S/C12H6ClNO/c13-12(15)9-5-8-3-1-2-4-11(8)10(6-9)7-14/h1-6H. The fourth-order valence-corrected chi connectivity index (χ4v) is 1.63. The summed E-state index contributed by atoms with van der Waals surface area (Å²) in [5.41, 5.74) is 0.823. The maximum Gasteiger partial charge on any atom is 0.252 e. The molecule has 0 heterocycles. The molecule has 0 aliphatic heterocycles. The zero-order chi connectivity index (χ0) is 10.8. The first kappa shape index (κ1) is 9.70. The summed E-state index contributed by atoms with van der Waals surface area (Å²) in [4.78, 5) is 11.0. The molecule has 3 heteroatoms. The molecule has 0 N–H and O–H groups in total. The van der Waals surface area contributed by atoms with Crippen LogP contribution in [0, 0.1) is 11.3 Å². The molecule has 0 bridgehead atoms. The van der Waals surface area contributed by atoms with Gasteiger partial charge in [-0.05, 0) is 34.5 Å².